The average molecular weight is 294 g/mol. The van der Waals surface area contributed by atoms with Crippen molar-refractivity contribution >= 4 is 11.7 Å². The smallest absolute Gasteiger partial charge is 0.319 e. The Morgan fingerprint density at radius 2 is 2.10 bits per heavy atom. The molecule has 21 heavy (non-hydrogen) atoms. The molecule has 0 saturated heterocycles. The molecule has 0 aliphatic rings. The van der Waals surface area contributed by atoms with Gasteiger partial charge in [-0.3, -0.25) is 0 Å². The summed E-state index contributed by atoms with van der Waals surface area (Å²) in [5.74, 6) is 1.18. The molecule has 118 valence electrons. The van der Waals surface area contributed by atoms with E-state index in [2.05, 4.69) is 24.5 Å². The van der Waals surface area contributed by atoms with Gasteiger partial charge < -0.3 is 20.5 Å². The minimum Gasteiger partial charge on any atom is -0.493 e. The number of hydrogen-bond acceptors (Lipinski definition) is 3. The molecule has 0 aliphatic heterocycles. The lowest BCUT2D eigenvalue weighted by atomic mass is 10.0. The number of aliphatic hydroxyl groups is 1. The number of hydrogen-bond donors (Lipinski definition) is 3. The zero-order valence-corrected chi connectivity index (χ0v) is 13.3. The van der Waals surface area contributed by atoms with Crippen molar-refractivity contribution in [1.82, 2.24) is 5.32 Å². The van der Waals surface area contributed by atoms with Gasteiger partial charge in [0.25, 0.3) is 0 Å². The Hall–Kier alpha value is -1.75. The van der Waals surface area contributed by atoms with Crippen LogP contribution < -0.4 is 15.4 Å². The normalized spacial score (nSPS) is 11.3. The van der Waals surface area contributed by atoms with E-state index in [1.165, 1.54) is 0 Å². The molecule has 0 heterocycles. The van der Waals surface area contributed by atoms with Gasteiger partial charge in [0.1, 0.15) is 5.75 Å². The number of urea groups is 1. The molecular weight excluding hydrogens is 268 g/mol. The van der Waals surface area contributed by atoms with Crippen LogP contribution in [0.2, 0.25) is 0 Å². The van der Waals surface area contributed by atoms with Gasteiger partial charge in [0.15, 0.2) is 0 Å². The van der Waals surface area contributed by atoms with Crippen molar-refractivity contribution in [3.05, 3.63) is 24.3 Å². The summed E-state index contributed by atoms with van der Waals surface area (Å²) in [7, 11) is 0. The number of carbonyl (C=O) groups is 1. The third-order valence-electron chi connectivity index (χ3n) is 2.86. The monoisotopic (exact) mass is 294 g/mol. The number of amides is 2. The Bertz CT molecular complexity index is 459. The van der Waals surface area contributed by atoms with Crippen LogP contribution in [0, 0.1) is 5.92 Å². The standard InChI is InChI=1S/C16H26N2O3/c1-12(2)11-21-14-7-5-6-13(10-14)17-15(20)18-16(3,4)8-9-19/h5-7,10,12,19H,8-9,11H2,1-4H3,(H2,17,18,20). The van der Waals surface area contributed by atoms with E-state index in [0.717, 1.165) is 5.75 Å². The highest BCUT2D eigenvalue weighted by molar-refractivity contribution is 5.89. The van der Waals surface area contributed by atoms with Crippen LogP contribution in [-0.4, -0.2) is 29.9 Å². The highest BCUT2D eigenvalue weighted by Crippen LogP contribution is 2.18. The van der Waals surface area contributed by atoms with Crippen molar-refractivity contribution in [1.29, 1.82) is 0 Å². The highest BCUT2D eigenvalue weighted by atomic mass is 16.5. The van der Waals surface area contributed by atoms with Crippen LogP contribution in [0.4, 0.5) is 10.5 Å². The lowest BCUT2D eigenvalue weighted by Gasteiger charge is -2.25. The minimum absolute atomic E-state index is 0.0335. The van der Waals surface area contributed by atoms with Gasteiger partial charge in [0.05, 0.1) is 6.61 Å². The maximum absolute atomic E-state index is 11.9. The molecule has 0 bridgehead atoms. The first-order chi connectivity index (χ1) is 9.82. The van der Waals surface area contributed by atoms with Gasteiger partial charge in [-0.1, -0.05) is 19.9 Å². The summed E-state index contributed by atoms with van der Waals surface area (Å²) in [6.07, 6.45) is 0.498. The van der Waals surface area contributed by atoms with Gasteiger partial charge in [-0.2, -0.15) is 0 Å². The van der Waals surface area contributed by atoms with E-state index in [1.807, 2.05) is 26.0 Å². The minimum atomic E-state index is -0.454. The summed E-state index contributed by atoms with van der Waals surface area (Å²) in [5, 5.41) is 14.6. The molecule has 0 unspecified atom stereocenters. The second-order valence-corrected chi connectivity index (χ2v) is 6.17. The third-order valence-corrected chi connectivity index (χ3v) is 2.86. The van der Waals surface area contributed by atoms with Gasteiger partial charge in [-0.25, -0.2) is 4.79 Å². The quantitative estimate of drug-likeness (QED) is 0.724. The van der Waals surface area contributed by atoms with Crippen molar-refractivity contribution in [2.45, 2.75) is 39.7 Å². The van der Waals surface area contributed by atoms with E-state index in [1.54, 1.807) is 12.1 Å². The number of rotatable bonds is 7. The van der Waals surface area contributed by atoms with Crippen molar-refractivity contribution in [2.75, 3.05) is 18.5 Å². The van der Waals surface area contributed by atoms with E-state index in [9.17, 15) is 4.79 Å². The Morgan fingerprint density at radius 3 is 2.71 bits per heavy atom. The van der Waals surface area contributed by atoms with Crippen LogP contribution in [0.3, 0.4) is 0 Å². The molecular formula is C16H26N2O3. The van der Waals surface area contributed by atoms with Crippen molar-refractivity contribution in [2.24, 2.45) is 5.92 Å². The fourth-order valence-electron chi connectivity index (χ4n) is 1.74. The van der Waals surface area contributed by atoms with Gasteiger partial charge in [-0.05, 0) is 38.3 Å². The Kier molecular flexibility index (Phi) is 6.49. The molecule has 0 aromatic heterocycles. The van der Waals surface area contributed by atoms with Crippen LogP contribution in [0.15, 0.2) is 24.3 Å². The van der Waals surface area contributed by atoms with Gasteiger partial charge in [-0.15, -0.1) is 0 Å². The van der Waals surface area contributed by atoms with E-state index >= 15 is 0 Å². The molecule has 0 saturated carbocycles. The van der Waals surface area contributed by atoms with Gasteiger partial charge in [0.2, 0.25) is 0 Å². The number of anilines is 1. The molecule has 5 nitrogen and oxygen atoms in total. The van der Waals surface area contributed by atoms with E-state index in [0.29, 0.717) is 24.6 Å². The second kappa shape index (κ2) is 7.88. The Balaban J connectivity index is 2.58. The molecule has 1 aromatic rings. The summed E-state index contributed by atoms with van der Waals surface area (Å²) in [5.41, 5.74) is 0.221. The van der Waals surface area contributed by atoms with Crippen molar-refractivity contribution in [3.63, 3.8) is 0 Å². The van der Waals surface area contributed by atoms with Gasteiger partial charge in [0, 0.05) is 23.9 Å². The fourth-order valence-corrected chi connectivity index (χ4v) is 1.74. The van der Waals surface area contributed by atoms with E-state index < -0.39 is 5.54 Å². The molecule has 0 aliphatic carbocycles. The van der Waals surface area contributed by atoms with Gasteiger partial charge >= 0.3 is 6.03 Å². The zero-order valence-electron chi connectivity index (χ0n) is 13.3. The topological polar surface area (TPSA) is 70.6 Å². The van der Waals surface area contributed by atoms with Crippen LogP contribution >= 0.6 is 0 Å². The van der Waals surface area contributed by atoms with Crippen LogP contribution in [-0.2, 0) is 0 Å². The number of aliphatic hydroxyl groups excluding tert-OH is 1. The van der Waals surface area contributed by atoms with Crippen LogP contribution in [0.25, 0.3) is 0 Å². The van der Waals surface area contributed by atoms with Crippen molar-refractivity contribution < 1.29 is 14.6 Å². The average Bonchev–Trinajstić information content (AvgIpc) is 2.35. The summed E-state index contributed by atoms with van der Waals surface area (Å²) in [4.78, 5) is 11.9. The van der Waals surface area contributed by atoms with E-state index in [4.69, 9.17) is 9.84 Å². The Labute approximate surface area is 126 Å². The van der Waals surface area contributed by atoms with Crippen LogP contribution in [0.5, 0.6) is 5.75 Å². The molecule has 1 rings (SSSR count). The molecule has 0 fully saturated rings. The summed E-state index contributed by atoms with van der Waals surface area (Å²) in [6, 6.07) is 7.00. The van der Waals surface area contributed by atoms with E-state index in [-0.39, 0.29) is 12.6 Å². The predicted molar refractivity (Wildman–Crippen MR) is 84.7 cm³/mol. The maximum Gasteiger partial charge on any atom is 0.319 e. The molecule has 1 aromatic carbocycles. The second-order valence-electron chi connectivity index (χ2n) is 6.17. The number of nitrogens with one attached hydrogen (secondary N) is 2. The summed E-state index contributed by atoms with van der Waals surface area (Å²) < 4.78 is 5.62. The first kappa shape index (κ1) is 17.3. The molecule has 0 radical (unpaired) electrons. The third kappa shape index (κ3) is 6.99. The molecule has 2 amide bonds. The first-order valence-electron chi connectivity index (χ1n) is 7.25. The Morgan fingerprint density at radius 1 is 1.38 bits per heavy atom. The molecule has 0 spiro atoms. The lowest BCUT2D eigenvalue weighted by Crippen LogP contribution is -2.46. The molecule has 0 atom stereocenters. The lowest BCUT2D eigenvalue weighted by molar-refractivity contribution is 0.218. The first-order valence-corrected chi connectivity index (χ1v) is 7.25. The number of benzene rings is 1. The summed E-state index contributed by atoms with van der Waals surface area (Å²) in [6.45, 7) is 8.57. The van der Waals surface area contributed by atoms with Crippen LogP contribution in [0.1, 0.15) is 34.1 Å². The number of carbonyl (C=O) groups excluding carboxylic acids is 1. The molecule has 5 heteroatoms. The largest absolute Gasteiger partial charge is 0.493 e. The summed E-state index contributed by atoms with van der Waals surface area (Å²) >= 11 is 0. The highest BCUT2D eigenvalue weighted by Gasteiger charge is 2.19. The SMILES string of the molecule is CC(C)COc1cccc(NC(=O)NC(C)(C)CCO)c1. The predicted octanol–water partition coefficient (Wildman–Crippen LogP) is 3.00. The zero-order chi connectivity index (χ0) is 15.9. The fraction of sp³-hybridized carbons (Fsp3) is 0.562. The maximum atomic E-state index is 11.9. The van der Waals surface area contributed by atoms with Crippen molar-refractivity contribution in [3.8, 4) is 5.75 Å². The molecule has 3 N–H and O–H groups in total. The number of ether oxygens (including phenoxy) is 1.